The van der Waals surface area contributed by atoms with Crippen molar-refractivity contribution in [3.63, 3.8) is 0 Å². The SMILES string of the molecule is CNCc1c(Cl)cccc1OCc1cc(C)ccc1C. The number of nitrogens with one attached hydrogen (secondary N) is 1. The number of hydrogen-bond acceptors (Lipinski definition) is 2. The largest absolute Gasteiger partial charge is 0.489 e. The first-order valence-corrected chi connectivity index (χ1v) is 7.10. The second kappa shape index (κ2) is 6.78. The Morgan fingerprint density at radius 1 is 1.15 bits per heavy atom. The fourth-order valence-electron chi connectivity index (χ4n) is 2.13. The maximum absolute atomic E-state index is 6.23. The topological polar surface area (TPSA) is 21.3 Å². The van der Waals surface area contributed by atoms with Gasteiger partial charge in [-0.25, -0.2) is 0 Å². The Balaban J connectivity index is 2.18. The van der Waals surface area contributed by atoms with Crippen molar-refractivity contribution in [3.05, 3.63) is 63.7 Å². The zero-order valence-electron chi connectivity index (χ0n) is 12.2. The van der Waals surface area contributed by atoms with Crippen LogP contribution in [0.5, 0.6) is 5.75 Å². The number of ether oxygens (including phenoxy) is 1. The summed E-state index contributed by atoms with van der Waals surface area (Å²) < 4.78 is 5.97. The first kappa shape index (κ1) is 14.9. The molecule has 0 fully saturated rings. The molecule has 0 saturated carbocycles. The molecule has 0 spiro atoms. The lowest BCUT2D eigenvalue weighted by molar-refractivity contribution is 0.301. The number of halogens is 1. The zero-order valence-corrected chi connectivity index (χ0v) is 12.9. The van der Waals surface area contributed by atoms with Crippen LogP contribution in [0.25, 0.3) is 0 Å². The molecule has 2 aromatic rings. The van der Waals surface area contributed by atoms with E-state index in [1.165, 1.54) is 16.7 Å². The van der Waals surface area contributed by atoms with Crippen LogP contribution >= 0.6 is 11.6 Å². The molecule has 2 nitrogen and oxygen atoms in total. The summed E-state index contributed by atoms with van der Waals surface area (Å²) >= 11 is 6.23. The molecule has 2 aromatic carbocycles. The second-order valence-corrected chi connectivity index (χ2v) is 5.37. The third-order valence-corrected chi connectivity index (χ3v) is 3.67. The standard InChI is InChI=1S/C17H20ClNO/c1-12-7-8-13(2)14(9-12)11-20-17-6-4-5-16(18)15(17)10-19-3/h4-9,19H,10-11H2,1-3H3. The van der Waals surface area contributed by atoms with Gasteiger partial charge in [0, 0.05) is 17.1 Å². The predicted octanol–water partition coefficient (Wildman–Crippen LogP) is 4.26. The van der Waals surface area contributed by atoms with Crippen LogP contribution in [0.3, 0.4) is 0 Å². The van der Waals surface area contributed by atoms with Crippen molar-refractivity contribution >= 4 is 11.6 Å². The lowest BCUT2D eigenvalue weighted by atomic mass is 10.1. The van der Waals surface area contributed by atoms with Crippen molar-refractivity contribution in [1.82, 2.24) is 5.32 Å². The van der Waals surface area contributed by atoms with Gasteiger partial charge in [0.25, 0.3) is 0 Å². The van der Waals surface area contributed by atoms with E-state index >= 15 is 0 Å². The van der Waals surface area contributed by atoms with Crippen molar-refractivity contribution in [3.8, 4) is 5.75 Å². The molecule has 106 valence electrons. The Bertz CT molecular complexity index is 596. The summed E-state index contributed by atoms with van der Waals surface area (Å²) in [6.07, 6.45) is 0. The number of rotatable bonds is 5. The Morgan fingerprint density at radius 3 is 2.70 bits per heavy atom. The van der Waals surface area contributed by atoms with Crippen LogP contribution in [0.4, 0.5) is 0 Å². The molecule has 0 bridgehead atoms. The molecule has 3 heteroatoms. The van der Waals surface area contributed by atoms with E-state index in [1.807, 2.05) is 25.2 Å². The molecule has 20 heavy (non-hydrogen) atoms. The molecule has 0 aliphatic rings. The highest BCUT2D eigenvalue weighted by Gasteiger charge is 2.08. The van der Waals surface area contributed by atoms with Crippen LogP contribution in [0.1, 0.15) is 22.3 Å². The van der Waals surface area contributed by atoms with E-state index in [0.29, 0.717) is 13.2 Å². The van der Waals surface area contributed by atoms with E-state index < -0.39 is 0 Å². The summed E-state index contributed by atoms with van der Waals surface area (Å²) in [5.74, 6) is 0.841. The number of aryl methyl sites for hydroxylation is 2. The third-order valence-electron chi connectivity index (χ3n) is 3.32. The summed E-state index contributed by atoms with van der Waals surface area (Å²) in [5.41, 5.74) is 4.70. The molecule has 0 aromatic heterocycles. The van der Waals surface area contributed by atoms with Gasteiger partial charge in [0.2, 0.25) is 0 Å². The highest BCUT2D eigenvalue weighted by molar-refractivity contribution is 6.31. The summed E-state index contributed by atoms with van der Waals surface area (Å²) in [6, 6.07) is 12.2. The molecule has 0 heterocycles. The molecule has 2 rings (SSSR count). The quantitative estimate of drug-likeness (QED) is 0.888. The molecular formula is C17H20ClNO. The summed E-state index contributed by atoms with van der Waals surface area (Å²) in [5, 5.41) is 3.85. The van der Waals surface area contributed by atoms with E-state index in [4.69, 9.17) is 16.3 Å². The molecule has 1 N–H and O–H groups in total. The first-order valence-electron chi connectivity index (χ1n) is 6.72. The van der Waals surface area contributed by atoms with Gasteiger partial charge in [0.05, 0.1) is 0 Å². The van der Waals surface area contributed by atoms with Crippen LogP contribution in [0.15, 0.2) is 36.4 Å². The van der Waals surface area contributed by atoms with E-state index in [1.54, 1.807) is 0 Å². The van der Waals surface area contributed by atoms with Crippen LogP contribution < -0.4 is 10.1 Å². The maximum atomic E-state index is 6.23. The van der Waals surface area contributed by atoms with E-state index in [-0.39, 0.29) is 0 Å². The summed E-state index contributed by atoms with van der Waals surface area (Å²) in [6.45, 7) is 5.45. The highest BCUT2D eigenvalue weighted by atomic mass is 35.5. The van der Waals surface area contributed by atoms with Gasteiger partial charge in [-0.15, -0.1) is 0 Å². The highest BCUT2D eigenvalue weighted by Crippen LogP contribution is 2.27. The normalized spacial score (nSPS) is 10.6. The van der Waals surface area contributed by atoms with Crippen LogP contribution in [-0.2, 0) is 13.2 Å². The van der Waals surface area contributed by atoms with Crippen molar-refractivity contribution < 1.29 is 4.74 Å². The minimum atomic E-state index is 0.560. The van der Waals surface area contributed by atoms with Gasteiger partial charge in [0.15, 0.2) is 0 Å². The van der Waals surface area contributed by atoms with Gasteiger partial charge >= 0.3 is 0 Å². The lowest BCUT2D eigenvalue weighted by Gasteiger charge is -2.14. The number of benzene rings is 2. The van der Waals surface area contributed by atoms with Gasteiger partial charge < -0.3 is 10.1 Å². The fraction of sp³-hybridized carbons (Fsp3) is 0.294. The van der Waals surface area contributed by atoms with Crippen molar-refractivity contribution in [1.29, 1.82) is 0 Å². The predicted molar refractivity (Wildman–Crippen MR) is 84.5 cm³/mol. The maximum Gasteiger partial charge on any atom is 0.125 e. The molecule has 0 aliphatic carbocycles. The van der Waals surface area contributed by atoms with Crippen LogP contribution in [0, 0.1) is 13.8 Å². The molecule has 0 atom stereocenters. The Hall–Kier alpha value is -1.51. The Labute approximate surface area is 125 Å². The smallest absolute Gasteiger partial charge is 0.125 e. The van der Waals surface area contributed by atoms with Gasteiger partial charge in [0.1, 0.15) is 12.4 Å². The lowest BCUT2D eigenvalue weighted by Crippen LogP contribution is -2.08. The summed E-state index contributed by atoms with van der Waals surface area (Å²) in [7, 11) is 1.90. The molecule has 0 aliphatic heterocycles. The van der Waals surface area contributed by atoms with Crippen molar-refractivity contribution in [2.75, 3.05) is 7.05 Å². The minimum Gasteiger partial charge on any atom is -0.489 e. The zero-order chi connectivity index (χ0) is 14.5. The van der Waals surface area contributed by atoms with Gasteiger partial charge in [-0.2, -0.15) is 0 Å². The average molecular weight is 290 g/mol. The van der Waals surface area contributed by atoms with E-state index in [2.05, 4.69) is 37.4 Å². The fourth-order valence-corrected chi connectivity index (χ4v) is 2.37. The monoisotopic (exact) mass is 289 g/mol. The van der Waals surface area contributed by atoms with Gasteiger partial charge in [-0.3, -0.25) is 0 Å². The molecule has 0 amide bonds. The van der Waals surface area contributed by atoms with Crippen molar-refractivity contribution in [2.45, 2.75) is 27.0 Å². The van der Waals surface area contributed by atoms with Crippen LogP contribution in [0.2, 0.25) is 5.02 Å². The summed E-state index contributed by atoms with van der Waals surface area (Å²) in [4.78, 5) is 0. The van der Waals surface area contributed by atoms with Gasteiger partial charge in [-0.1, -0.05) is 41.4 Å². The number of hydrogen-bond donors (Lipinski definition) is 1. The molecule has 0 radical (unpaired) electrons. The third kappa shape index (κ3) is 3.53. The van der Waals surface area contributed by atoms with E-state index in [0.717, 1.165) is 16.3 Å². The Morgan fingerprint density at radius 2 is 1.95 bits per heavy atom. The van der Waals surface area contributed by atoms with Gasteiger partial charge in [-0.05, 0) is 44.2 Å². The first-order chi connectivity index (χ1) is 9.61. The van der Waals surface area contributed by atoms with Crippen LogP contribution in [-0.4, -0.2) is 7.05 Å². The molecule has 0 saturated heterocycles. The van der Waals surface area contributed by atoms with Crippen molar-refractivity contribution in [2.24, 2.45) is 0 Å². The Kier molecular flexibility index (Phi) is 5.05. The van der Waals surface area contributed by atoms with E-state index in [9.17, 15) is 0 Å². The average Bonchev–Trinajstić information content (AvgIpc) is 2.43. The molecular weight excluding hydrogens is 270 g/mol. The second-order valence-electron chi connectivity index (χ2n) is 4.97. The minimum absolute atomic E-state index is 0.560. The molecule has 0 unspecified atom stereocenters.